The highest BCUT2D eigenvalue weighted by molar-refractivity contribution is 7.26. The van der Waals surface area contributed by atoms with Crippen molar-refractivity contribution in [2.24, 2.45) is 5.92 Å². The number of hydrogen-bond donors (Lipinski definition) is 0. The highest BCUT2D eigenvalue weighted by atomic mass is 32.1. The molecule has 2 heteroatoms. The minimum Gasteiger partial charge on any atom is -0.341 e. The fourth-order valence-electron chi connectivity index (χ4n) is 8.68. The lowest BCUT2D eigenvalue weighted by Gasteiger charge is -2.31. The van der Waals surface area contributed by atoms with E-state index in [2.05, 4.69) is 170 Å². The molecule has 1 heterocycles. The lowest BCUT2D eigenvalue weighted by atomic mass is 9.80. The monoisotopic (exact) mass is 691 g/mol. The molecule has 9 rings (SSSR count). The van der Waals surface area contributed by atoms with E-state index in [4.69, 9.17) is 0 Å². The van der Waals surface area contributed by atoms with E-state index < -0.39 is 0 Å². The Labute approximate surface area is 311 Å². The van der Waals surface area contributed by atoms with E-state index in [9.17, 15) is 0 Å². The minimum absolute atomic E-state index is 0.324. The summed E-state index contributed by atoms with van der Waals surface area (Å²) in [5, 5.41) is 8.19. The maximum Gasteiger partial charge on any atom is 0.0413 e. The fourth-order valence-corrected chi connectivity index (χ4v) is 9.91. The molecule has 7 aromatic rings. The van der Waals surface area contributed by atoms with Gasteiger partial charge in [0.05, 0.1) is 0 Å². The Kier molecular flexibility index (Phi) is 9.09. The van der Waals surface area contributed by atoms with Crippen LogP contribution in [0.15, 0.2) is 157 Å². The van der Waals surface area contributed by atoms with Gasteiger partial charge in [-0.05, 0) is 113 Å². The smallest absolute Gasteiger partial charge is 0.0413 e. The quantitative estimate of drug-likeness (QED) is 0.0827. The molecule has 1 nitrogen and oxygen atoms in total. The first-order valence-electron chi connectivity index (χ1n) is 19.2. The van der Waals surface area contributed by atoms with Gasteiger partial charge in [-0.25, -0.2) is 0 Å². The van der Waals surface area contributed by atoms with Crippen molar-refractivity contribution in [2.45, 2.75) is 51.4 Å². The first-order chi connectivity index (χ1) is 25.7. The number of thiophene rings is 1. The van der Waals surface area contributed by atoms with Gasteiger partial charge in [0, 0.05) is 44.0 Å². The van der Waals surface area contributed by atoms with Crippen molar-refractivity contribution < 1.29 is 0 Å². The number of hydrogen-bond acceptors (Lipinski definition) is 2. The summed E-state index contributed by atoms with van der Waals surface area (Å²) in [7, 11) is 0. The molecule has 2 aliphatic rings. The van der Waals surface area contributed by atoms with Crippen LogP contribution >= 0.6 is 11.3 Å². The molecule has 0 N–H and O–H groups in total. The van der Waals surface area contributed by atoms with E-state index >= 15 is 0 Å². The van der Waals surface area contributed by atoms with Crippen molar-refractivity contribution in [3.8, 4) is 0 Å². The highest BCUT2D eigenvalue weighted by Gasteiger charge is 2.23. The van der Waals surface area contributed by atoms with Crippen LogP contribution in [0.2, 0.25) is 0 Å². The number of benzene rings is 6. The van der Waals surface area contributed by atoms with Crippen molar-refractivity contribution in [3.63, 3.8) is 0 Å². The molecule has 0 amide bonds. The topological polar surface area (TPSA) is 3.24 Å². The molecule has 0 saturated heterocycles. The molecule has 256 valence electrons. The lowest BCUT2D eigenvalue weighted by molar-refractivity contribution is 0.541. The Morgan fingerprint density at radius 3 is 2.35 bits per heavy atom. The van der Waals surface area contributed by atoms with Gasteiger partial charge in [-0.2, -0.15) is 0 Å². The van der Waals surface area contributed by atoms with Crippen molar-refractivity contribution in [1.82, 2.24) is 0 Å². The van der Waals surface area contributed by atoms with Crippen molar-refractivity contribution >= 4 is 64.8 Å². The summed E-state index contributed by atoms with van der Waals surface area (Å²) in [6.07, 6.45) is 23.5. The Morgan fingerprint density at radius 2 is 1.52 bits per heavy atom. The molecule has 1 aromatic heterocycles. The Morgan fingerprint density at radius 1 is 0.769 bits per heavy atom. The van der Waals surface area contributed by atoms with Crippen molar-refractivity contribution in [2.75, 3.05) is 11.4 Å². The van der Waals surface area contributed by atoms with Gasteiger partial charge in [-0.3, -0.25) is 0 Å². The van der Waals surface area contributed by atoms with Gasteiger partial charge in [-0.15, -0.1) is 11.3 Å². The van der Waals surface area contributed by atoms with Crippen LogP contribution in [0.5, 0.6) is 0 Å². The minimum atomic E-state index is 0.324. The molecular formula is C50H45NS. The van der Waals surface area contributed by atoms with E-state index in [1.54, 1.807) is 0 Å². The normalized spacial score (nSPS) is 17.5. The summed E-state index contributed by atoms with van der Waals surface area (Å²) in [6.45, 7) is 3.25. The third-order valence-corrected chi connectivity index (χ3v) is 12.5. The number of fused-ring (bicyclic) bond motifs is 9. The van der Waals surface area contributed by atoms with Gasteiger partial charge in [-0.1, -0.05) is 140 Å². The molecular weight excluding hydrogens is 647 g/mol. The van der Waals surface area contributed by atoms with E-state index in [-0.39, 0.29) is 0 Å². The maximum atomic E-state index is 2.60. The Hall–Kier alpha value is -5.18. The van der Waals surface area contributed by atoms with Crippen LogP contribution in [-0.4, -0.2) is 6.54 Å². The molecule has 0 aliphatic heterocycles. The van der Waals surface area contributed by atoms with E-state index in [0.29, 0.717) is 11.8 Å². The van der Waals surface area contributed by atoms with Crippen molar-refractivity contribution in [1.29, 1.82) is 0 Å². The first kappa shape index (κ1) is 32.7. The molecule has 0 bridgehead atoms. The summed E-state index contributed by atoms with van der Waals surface area (Å²) in [5.41, 5.74) is 8.23. The Balaban J connectivity index is 1.05. The summed E-state index contributed by atoms with van der Waals surface area (Å²) in [4.78, 5) is 2.60. The zero-order chi connectivity index (χ0) is 34.9. The molecule has 0 spiro atoms. The van der Waals surface area contributed by atoms with Crippen molar-refractivity contribution in [3.05, 3.63) is 180 Å². The van der Waals surface area contributed by atoms with Gasteiger partial charge in [0.2, 0.25) is 0 Å². The molecule has 2 aliphatic carbocycles. The van der Waals surface area contributed by atoms with E-state index in [1.165, 1.54) is 94.6 Å². The van der Waals surface area contributed by atoms with Crippen LogP contribution < -0.4 is 4.90 Å². The van der Waals surface area contributed by atoms with Gasteiger partial charge in [0.15, 0.2) is 0 Å². The average Bonchev–Trinajstić information content (AvgIpc) is 3.60. The molecule has 52 heavy (non-hydrogen) atoms. The number of allylic oxidation sites excluding steroid dienone is 5. The van der Waals surface area contributed by atoms with Gasteiger partial charge in [0.1, 0.15) is 0 Å². The van der Waals surface area contributed by atoms with Gasteiger partial charge >= 0.3 is 0 Å². The van der Waals surface area contributed by atoms with Crippen LogP contribution in [-0.2, 0) is 12.8 Å². The summed E-state index contributed by atoms with van der Waals surface area (Å²) >= 11 is 1.92. The molecule has 2 atom stereocenters. The highest BCUT2D eigenvalue weighted by Crippen LogP contribution is 2.41. The average molecular weight is 692 g/mol. The second-order valence-corrected chi connectivity index (χ2v) is 15.6. The third-order valence-electron chi connectivity index (χ3n) is 11.2. The van der Waals surface area contributed by atoms with E-state index in [1.807, 2.05) is 11.3 Å². The van der Waals surface area contributed by atoms with Crippen LogP contribution in [0.4, 0.5) is 5.69 Å². The van der Waals surface area contributed by atoms with Crippen LogP contribution in [0.3, 0.4) is 0 Å². The second-order valence-electron chi connectivity index (χ2n) is 14.5. The predicted octanol–water partition coefficient (Wildman–Crippen LogP) is 14.0. The molecule has 0 saturated carbocycles. The van der Waals surface area contributed by atoms with Gasteiger partial charge < -0.3 is 4.90 Å². The van der Waals surface area contributed by atoms with Crippen LogP contribution in [0.1, 0.15) is 60.8 Å². The van der Waals surface area contributed by atoms with Crippen LogP contribution in [0, 0.1) is 5.92 Å². The molecule has 0 fully saturated rings. The van der Waals surface area contributed by atoms with E-state index in [0.717, 1.165) is 25.8 Å². The number of anilines is 1. The summed E-state index contributed by atoms with van der Waals surface area (Å²) in [6, 6.07) is 43.0. The maximum absolute atomic E-state index is 2.60. The molecule has 6 aromatic carbocycles. The largest absolute Gasteiger partial charge is 0.341 e. The standard InChI is InChI=1S/C50H45NS/c1-2-15-39(21-12-18-36-19-14-28-47-46-27-10-11-29-49(46)52-50(36)47)51(34-35-16-4-3-5-17-35)40-22-13-20-37(32-40)38-30-31-45-43-25-7-6-23-41(43)42-24-8-9-26-44(42)48(45)33-38/h4,6-16,19-32,35,38H,2-3,5,17-18,33-34H2,1H3/b21-12-,39-15+. The molecule has 0 radical (unpaired) electrons. The number of nitrogens with zero attached hydrogens (tertiary/aromatic N) is 1. The summed E-state index contributed by atoms with van der Waals surface area (Å²) < 4.78 is 2.78. The first-order valence-corrected chi connectivity index (χ1v) is 20.0. The zero-order valence-corrected chi connectivity index (χ0v) is 30.8. The zero-order valence-electron chi connectivity index (χ0n) is 30.0. The SMILES string of the molecule is CC/C=C(\C=C/Cc1cccc2c1sc1ccccc12)N(CC1C=CCCC1)c1cccc(C2C=Cc3c(c4ccccc4c4ccccc34)C2)c1. The number of rotatable bonds is 9. The predicted molar refractivity (Wildman–Crippen MR) is 228 cm³/mol. The third kappa shape index (κ3) is 6.20. The fraction of sp³-hybridized carbons (Fsp3) is 0.200. The second kappa shape index (κ2) is 14.4. The molecule has 2 unspecified atom stereocenters. The lowest BCUT2D eigenvalue weighted by Crippen LogP contribution is -2.28. The van der Waals surface area contributed by atoms with Gasteiger partial charge in [0.25, 0.3) is 0 Å². The van der Waals surface area contributed by atoms with Crippen LogP contribution in [0.25, 0.3) is 47.8 Å². The Bertz CT molecular complexity index is 2540. The summed E-state index contributed by atoms with van der Waals surface area (Å²) in [5.74, 6) is 0.865.